The van der Waals surface area contributed by atoms with E-state index in [1.807, 2.05) is 6.07 Å². The SMILES string of the molecule is CN=C(NCCc1cccs1)NCc1cc2ccccc2[nH]1. The molecular weight excluding hydrogens is 292 g/mol. The second kappa shape index (κ2) is 7.13. The minimum absolute atomic E-state index is 0.730. The molecule has 0 radical (unpaired) electrons. The zero-order valence-electron chi connectivity index (χ0n) is 12.6. The summed E-state index contributed by atoms with van der Waals surface area (Å²) >= 11 is 1.79. The number of nitrogens with one attached hydrogen (secondary N) is 3. The highest BCUT2D eigenvalue weighted by Crippen LogP contribution is 2.14. The van der Waals surface area contributed by atoms with Crippen molar-refractivity contribution in [2.75, 3.05) is 13.6 Å². The van der Waals surface area contributed by atoms with Gasteiger partial charge in [-0.2, -0.15) is 0 Å². The van der Waals surface area contributed by atoms with Gasteiger partial charge in [0, 0.05) is 29.7 Å². The summed E-state index contributed by atoms with van der Waals surface area (Å²) in [5, 5.41) is 10.0. The van der Waals surface area contributed by atoms with E-state index in [-0.39, 0.29) is 0 Å². The molecule has 0 fully saturated rings. The van der Waals surface area contributed by atoms with Crippen LogP contribution in [-0.4, -0.2) is 24.5 Å². The molecule has 0 aliphatic carbocycles. The van der Waals surface area contributed by atoms with Crippen molar-refractivity contribution in [2.24, 2.45) is 4.99 Å². The number of guanidine groups is 1. The Balaban J connectivity index is 1.50. The predicted octanol–water partition coefficient (Wildman–Crippen LogP) is 3.14. The first-order valence-corrected chi connectivity index (χ1v) is 8.26. The summed E-state index contributed by atoms with van der Waals surface area (Å²) in [5.41, 5.74) is 2.32. The van der Waals surface area contributed by atoms with Crippen molar-refractivity contribution < 1.29 is 0 Å². The van der Waals surface area contributed by atoms with Gasteiger partial charge < -0.3 is 15.6 Å². The molecule has 3 N–H and O–H groups in total. The average molecular weight is 312 g/mol. The summed E-state index contributed by atoms with van der Waals surface area (Å²) < 4.78 is 0. The standard InChI is InChI=1S/C17H20N4S/c1-18-17(19-9-8-15-6-4-10-22-15)20-12-14-11-13-5-2-3-7-16(13)21-14/h2-7,10-11,21H,8-9,12H2,1H3,(H2,18,19,20). The third kappa shape index (κ3) is 3.68. The van der Waals surface area contributed by atoms with Gasteiger partial charge in [-0.25, -0.2) is 0 Å². The molecule has 3 rings (SSSR count). The van der Waals surface area contributed by atoms with Gasteiger partial charge in [0.05, 0.1) is 6.54 Å². The molecule has 4 nitrogen and oxygen atoms in total. The zero-order valence-corrected chi connectivity index (χ0v) is 13.4. The molecule has 0 saturated heterocycles. The third-order valence-electron chi connectivity index (χ3n) is 3.50. The monoisotopic (exact) mass is 312 g/mol. The molecule has 5 heteroatoms. The van der Waals surface area contributed by atoms with Crippen LogP contribution in [0.1, 0.15) is 10.6 Å². The Bertz CT molecular complexity index is 710. The molecule has 0 unspecified atom stereocenters. The number of rotatable bonds is 5. The van der Waals surface area contributed by atoms with E-state index in [0.29, 0.717) is 0 Å². The van der Waals surface area contributed by atoms with E-state index in [4.69, 9.17) is 0 Å². The molecule has 2 aromatic heterocycles. The maximum absolute atomic E-state index is 4.26. The molecule has 114 valence electrons. The first-order chi connectivity index (χ1) is 10.8. The third-order valence-corrected chi connectivity index (χ3v) is 4.44. The second-order valence-corrected chi connectivity index (χ2v) is 6.10. The van der Waals surface area contributed by atoms with E-state index in [0.717, 1.165) is 31.2 Å². The zero-order chi connectivity index (χ0) is 15.2. The fourth-order valence-electron chi connectivity index (χ4n) is 2.39. The van der Waals surface area contributed by atoms with Crippen LogP contribution >= 0.6 is 11.3 Å². The first kappa shape index (κ1) is 14.7. The molecule has 1 aromatic carbocycles. The van der Waals surface area contributed by atoms with E-state index < -0.39 is 0 Å². The van der Waals surface area contributed by atoms with Gasteiger partial charge in [0.25, 0.3) is 0 Å². The van der Waals surface area contributed by atoms with Crippen LogP contribution in [0.25, 0.3) is 10.9 Å². The van der Waals surface area contributed by atoms with Crippen molar-refractivity contribution in [3.05, 3.63) is 58.4 Å². The fourth-order valence-corrected chi connectivity index (χ4v) is 3.10. The smallest absolute Gasteiger partial charge is 0.191 e. The Morgan fingerprint density at radius 2 is 2.09 bits per heavy atom. The van der Waals surface area contributed by atoms with Gasteiger partial charge in [0.1, 0.15) is 0 Å². The molecule has 0 saturated carbocycles. The highest BCUT2D eigenvalue weighted by atomic mass is 32.1. The van der Waals surface area contributed by atoms with Crippen LogP contribution in [0.3, 0.4) is 0 Å². The molecule has 0 spiro atoms. The Kier molecular flexibility index (Phi) is 4.75. The number of thiophene rings is 1. The lowest BCUT2D eigenvalue weighted by atomic mass is 10.2. The lowest BCUT2D eigenvalue weighted by Gasteiger charge is -2.10. The van der Waals surface area contributed by atoms with Crippen LogP contribution in [0.2, 0.25) is 0 Å². The maximum Gasteiger partial charge on any atom is 0.191 e. The minimum atomic E-state index is 0.730. The van der Waals surface area contributed by atoms with E-state index >= 15 is 0 Å². The number of aromatic nitrogens is 1. The summed E-state index contributed by atoms with van der Waals surface area (Å²) in [7, 11) is 1.80. The molecule has 0 atom stereocenters. The molecule has 3 aromatic rings. The maximum atomic E-state index is 4.26. The van der Waals surface area contributed by atoms with Crippen LogP contribution in [0.4, 0.5) is 0 Å². The Morgan fingerprint density at radius 3 is 2.86 bits per heavy atom. The molecular formula is C17H20N4S. The number of nitrogens with zero attached hydrogens (tertiary/aromatic N) is 1. The van der Waals surface area contributed by atoms with E-state index in [1.165, 1.54) is 15.8 Å². The molecule has 2 heterocycles. The number of para-hydroxylation sites is 1. The second-order valence-electron chi connectivity index (χ2n) is 5.06. The fraction of sp³-hybridized carbons (Fsp3) is 0.235. The quantitative estimate of drug-likeness (QED) is 0.501. The number of fused-ring (bicyclic) bond motifs is 1. The highest BCUT2D eigenvalue weighted by Gasteiger charge is 2.02. The van der Waals surface area contributed by atoms with Gasteiger partial charge in [-0.3, -0.25) is 4.99 Å². The molecule has 0 aliphatic rings. The van der Waals surface area contributed by atoms with Gasteiger partial charge in [-0.15, -0.1) is 11.3 Å². The Hall–Kier alpha value is -2.27. The van der Waals surface area contributed by atoms with Crippen molar-refractivity contribution in [3.63, 3.8) is 0 Å². The lowest BCUT2D eigenvalue weighted by Crippen LogP contribution is -2.37. The van der Waals surface area contributed by atoms with Crippen LogP contribution < -0.4 is 10.6 Å². The topological polar surface area (TPSA) is 52.2 Å². The highest BCUT2D eigenvalue weighted by molar-refractivity contribution is 7.09. The lowest BCUT2D eigenvalue weighted by molar-refractivity contribution is 0.791. The van der Waals surface area contributed by atoms with Gasteiger partial charge in [-0.1, -0.05) is 24.3 Å². The summed E-state index contributed by atoms with van der Waals surface area (Å²) in [6, 6.07) is 14.7. The summed E-state index contributed by atoms with van der Waals surface area (Å²) in [6.45, 7) is 1.61. The van der Waals surface area contributed by atoms with E-state index in [9.17, 15) is 0 Å². The first-order valence-electron chi connectivity index (χ1n) is 7.38. The number of benzene rings is 1. The van der Waals surface area contributed by atoms with Gasteiger partial charge in [-0.05, 0) is 35.4 Å². The van der Waals surface area contributed by atoms with Crippen molar-refractivity contribution in [1.29, 1.82) is 0 Å². The van der Waals surface area contributed by atoms with Gasteiger partial charge in [0.15, 0.2) is 5.96 Å². The number of H-pyrrole nitrogens is 1. The normalized spacial score (nSPS) is 11.8. The van der Waals surface area contributed by atoms with Gasteiger partial charge in [0.2, 0.25) is 0 Å². The Labute approximate surface area is 134 Å². The van der Waals surface area contributed by atoms with Crippen LogP contribution in [-0.2, 0) is 13.0 Å². The number of hydrogen-bond donors (Lipinski definition) is 3. The van der Waals surface area contributed by atoms with Crippen molar-refractivity contribution in [3.8, 4) is 0 Å². The van der Waals surface area contributed by atoms with Crippen molar-refractivity contribution >= 4 is 28.2 Å². The number of hydrogen-bond acceptors (Lipinski definition) is 2. The van der Waals surface area contributed by atoms with Crippen LogP contribution in [0.15, 0.2) is 52.8 Å². The largest absolute Gasteiger partial charge is 0.357 e. The van der Waals surface area contributed by atoms with Gasteiger partial charge >= 0.3 is 0 Å². The number of aromatic amines is 1. The van der Waals surface area contributed by atoms with Crippen LogP contribution in [0, 0.1) is 0 Å². The molecule has 0 amide bonds. The molecule has 22 heavy (non-hydrogen) atoms. The van der Waals surface area contributed by atoms with E-state index in [2.05, 4.69) is 62.4 Å². The molecule has 0 bridgehead atoms. The average Bonchev–Trinajstić information content (AvgIpc) is 3.19. The molecule has 0 aliphatic heterocycles. The minimum Gasteiger partial charge on any atom is -0.357 e. The van der Waals surface area contributed by atoms with E-state index in [1.54, 1.807) is 18.4 Å². The summed E-state index contributed by atoms with van der Waals surface area (Å²) in [5.74, 6) is 0.829. The summed E-state index contributed by atoms with van der Waals surface area (Å²) in [6.07, 6.45) is 1.02. The summed E-state index contributed by atoms with van der Waals surface area (Å²) in [4.78, 5) is 9.06. The van der Waals surface area contributed by atoms with Crippen molar-refractivity contribution in [2.45, 2.75) is 13.0 Å². The number of aliphatic imine (C=N–C) groups is 1. The Morgan fingerprint density at radius 1 is 1.18 bits per heavy atom. The predicted molar refractivity (Wildman–Crippen MR) is 94.5 cm³/mol. The van der Waals surface area contributed by atoms with Crippen LogP contribution in [0.5, 0.6) is 0 Å². The van der Waals surface area contributed by atoms with Crippen molar-refractivity contribution in [1.82, 2.24) is 15.6 Å².